The van der Waals surface area contributed by atoms with Gasteiger partial charge >= 0.3 is 0 Å². The molecule has 1 aliphatic heterocycles. The Morgan fingerprint density at radius 2 is 2.43 bits per heavy atom. The Morgan fingerprint density at radius 3 is 2.71 bits per heavy atom. The molecular weight excluding hydrogens is 90.1 g/mol. The van der Waals surface area contributed by atoms with Gasteiger partial charge in [0.2, 0.25) is 0 Å². The second-order valence-electron chi connectivity index (χ2n) is 1.98. The van der Waals surface area contributed by atoms with E-state index in [0.29, 0.717) is 6.04 Å². The van der Waals surface area contributed by atoms with E-state index in [1.807, 2.05) is 0 Å². The maximum absolute atomic E-state index is 5.51. The summed E-state index contributed by atoms with van der Waals surface area (Å²) in [4.78, 5) is 0. The maximum Gasteiger partial charge on any atom is 0.0617 e. The summed E-state index contributed by atoms with van der Waals surface area (Å²) in [7, 11) is 0. The highest BCUT2D eigenvalue weighted by atomic mass is 16.5. The molecule has 0 aromatic heterocycles. The zero-order valence-corrected chi connectivity index (χ0v) is 4.39. The molecule has 1 saturated heterocycles. The fourth-order valence-electron chi connectivity index (χ4n) is 0.766. The largest absolute Gasteiger partial charge is 0.380 e. The van der Waals surface area contributed by atoms with E-state index in [4.69, 9.17) is 10.5 Å². The Kier molecular flexibility index (Phi) is 1.65. The Balaban J connectivity index is 2.12. The van der Waals surface area contributed by atoms with Crippen LogP contribution >= 0.6 is 0 Å². The van der Waals surface area contributed by atoms with Crippen LogP contribution in [0.1, 0.15) is 12.8 Å². The van der Waals surface area contributed by atoms with Crippen molar-refractivity contribution in [2.24, 2.45) is 5.73 Å². The SMILES string of the molecule is N[C@H]1CCCOC1. The van der Waals surface area contributed by atoms with Crippen LogP contribution in [0, 0.1) is 0 Å². The fourth-order valence-corrected chi connectivity index (χ4v) is 0.766. The van der Waals surface area contributed by atoms with Gasteiger partial charge in [0.1, 0.15) is 0 Å². The van der Waals surface area contributed by atoms with E-state index in [9.17, 15) is 0 Å². The predicted molar refractivity (Wildman–Crippen MR) is 28.0 cm³/mol. The van der Waals surface area contributed by atoms with Crippen LogP contribution in [0.25, 0.3) is 0 Å². The molecule has 0 aromatic rings. The lowest BCUT2D eigenvalue weighted by Crippen LogP contribution is -2.30. The molecule has 0 bridgehead atoms. The van der Waals surface area contributed by atoms with Gasteiger partial charge in [-0.15, -0.1) is 0 Å². The lowest BCUT2D eigenvalue weighted by atomic mass is 10.1. The summed E-state index contributed by atoms with van der Waals surface area (Å²) in [5.74, 6) is 0. The molecule has 1 rings (SSSR count). The van der Waals surface area contributed by atoms with Crippen LogP contribution in [0.4, 0.5) is 0 Å². The van der Waals surface area contributed by atoms with E-state index in [1.54, 1.807) is 0 Å². The second-order valence-corrected chi connectivity index (χ2v) is 1.98. The standard InChI is InChI=1S/C5H11NO/c6-5-2-1-3-7-4-5/h5H,1-4,6H2/t5-/m0/s1. The fraction of sp³-hybridized carbons (Fsp3) is 1.00. The average molecular weight is 101 g/mol. The molecule has 0 amide bonds. The van der Waals surface area contributed by atoms with Crippen LogP contribution < -0.4 is 5.73 Å². The molecule has 1 fully saturated rings. The minimum absolute atomic E-state index is 0.314. The number of nitrogens with two attached hydrogens (primary N) is 1. The predicted octanol–water partition coefficient (Wildman–Crippen LogP) is 0.124. The van der Waals surface area contributed by atoms with Gasteiger partial charge in [-0.05, 0) is 12.8 Å². The van der Waals surface area contributed by atoms with Crippen molar-refractivity contribution < 1.29 is 4.74 Å². The first-order valence-corrected chi connectivity index (χ1v) is 2.73. The van der Waals surface area contributed by atoms with Crippen molar-refractivity contribution in [2.45, 2.75) is 18.9 Å². The molecule has 0 radical (unpaired) electrons. The first-order chi connectivity index (χ1) is 3.39. The van der Waals surface area contributed by atoms with Gasteiger partial charge in [0.25, 0.3) is 0 Å². The molecule has 0 spiro atoms. The molecule has 0 aliphatic carbocycles. The van der Waals surface area contributed by atoms with Crippen LogP contribution in [0.3, 0.4) is 0 Å². The van der Waals surface area contributed by atoms with Crippen LogP contribution in [-0.2, 0) is 4.74 Å². The van der Waals surface area contributed by atoms with Crippen molar-refractivity contribution >= 4 is 0 Å². The summed E-state index contributed by atoms with van der Waals surface area (Å²) in [6.07, 6.45) is 2.28. The van der Waals surface area contributed by atoms with Crippen molar-refractivity contribution in [2.75, 3.05) is 13.2 Å². The summed E-state index contributed by atoms with van der Waals surface area (Å²) in [6.45, 7) is 1.67. The number of rotatable bonds is 0. The van der Waals surface area contributed by atoms with E-state index in [2.05, 4.69) is 0 Å². The third kappa shape index (κ3) is 1.45. The molecule has 1 aliphatic rings. The Labute approximate surface area is 43.6 Å². The number of ether oxygens (including phenoxy) is 1. The van der Waals surface area contributed by atoms with Crippen molar-refractivity contribution in [3.05, 3.63) is 0 Å². The van der Waals surface area contributed by atoms with Gasteiger partial charge in [-0.25, -0.2) is 0 Å². The minimum atomic E-state index is 0.314. The highest BCUT2D eigenvalue weighted by molar-refractivity contribution is 4.63. The molecule has 2 heteroatoms. The van der Waals surface area contributed by atoms with E-state index in [1.165, 1.54) is 0 Å². The summed E-state index contributed by atoms with van der Waals surface area (Å²) in [5, 5.41) is 0. The van der Waals surface area contributed by atoms with Gasteiger partial charge in [-0.3, -0.25) is 0 Å². The summed E-state index contributed by atoms with van der Waals surface area (Å²) in [5.41, 5.74) is 5.51. The maximum atomic E-state index is 5.51. The zero-order chi connectivity index (χ0) is 5.11. The monoisotopic (exact) mass is 101 g/mol. The van der Waals surface area contributed by atoms with Crippen molar-refractivity contribution in [1.82, 2.24) is 0 Å². The molecule has 1 atom stereocenters. The van der Waals surface area contributed by atoms with E-state index < -0.39 is 0 Å². The molecule has 0 unspecified atom stereocenters. The third-order valence-corrected chi connectivity index (χ3v) is 1.20. The molecule has 2 N–H and O–H groups in total. The third-order valence-electron chi connectivity index (χ3n) is 1.20. The summed E-state index contributed by atoms with van der Waals surface area (Å²) >= 11 is 0. The van der Waals surface area contributed by atoms with Gasteiger partial charge in [0.05, 0.1) is 6.61 Å². The van der Waals surface area contributed by atoms with Crippen molar-refractivity contribution in [3.8, 4) is 0 Å². The molecule has 0 aromatic carbocycles. The Morgan fingerprint density at radius 1 is 1.57 bits per heavy atom. The zero-order valence-electron chi connectivity index (χ0n) is 4.39. The van der Waals surface area contributed by atoms with Crippen LogP contribution in [0.15, 0.2) is 0 Å². The molecular formula is C5H11NO. The Bertz CT molecular complexity index is 50.0. The lowest BCUT2D eigenvalue weighted by Gasteiger charge is -2.16. The lowest BCUT2D eigenvalue weighted by molar-refractivity contribution is 0.0822. The van der Waals surface area contributed by atoms with Gasteiger partial charge in [-0.2, -0.15) is 0 Å². The topological polar surface area (TPSA) is 35.2 Å². The van der Waals surface area contributed by atoms with Gasteiger partial charge in [-0.1, -0.05) is 0 Å². The van der Waals surface area contributed by atoms with Crippen molar-refractivity contribution in [3.63, 3.8) is 0 Å². The minimum Gasteiger partial charge on any atom is -0.380 e. The van der Waals surface area contributed by atoms with E-state index >= 15 is 0 Å². The molecule has 2 nitrogen and oxygen atoms in total. The number of hydrogen-bond acceptors (Lipinski definition) is 2. The van der Waals surface area contributed by atoms with Crippen LogP contribution in [-0.4, -0.2) is 19.3 Å². The van der Waals surface area contributed by atoms with E-state index in [-0.39, 0.29) is 0 Å². The molecule has 7 heavy (non-hydrogen) atoms. The summed E-state index contributed by atoms with van der Waals surface area (Å²) in [6, 6.07) is 0.314. The van der Waals surface area contributed by atoms with Gasteiger partial charge in [0.15, 0.2) is 0 Å². The van der Waals surface area contributed by atoms with Crippen LogP contribution in [0.5, 0.6) is 0 Å². The first-order valence-electron chi connectivity index (χ1n) is 2.73. The quantitative estimate of drug-likeness (QED) is 0.470. The van der Waals surface area contributed by atoms with Gasteiger partial charge in [0, 0.05) is 12.6 Å². The van der Waals surface area contributed by atoms with E-state index in [0.717, 1.165) is 26.1 Å². The smallest absolute Gasteiger partial charge is 0.0617 e. The average Bonchev–Trinajstić information content (AvgIpc) is 1.69. The van der Waals surface area contributed by atoms with Gasteiger partial charge < -0.3 is 10.5 Å². The molecule has 1 heterocycles. The normalized spacial score (nSPS) is 33.0. The number of hydrogen-bond donors (Lipinski definition) is 1. The Hall–Kier alpha value is -0.0800. The summed E-state index contributed by atoms with van der Waals surface area (Å²) < 4.78 is 5.06. The molecule has 0 saturated carbocycles. The second kappa shape index (κ2) is 2.28. The van der Waals surface area contributed by atoms with Crippen molar-refractivity contribution in [1.29, 1.82) is 0 Å². The first kappa shape index (κ1) is 5.06. The highest BCUT2D eigenvalue weighted by Gasteiger charge is 2.06. The van der Waals surface area contributed by atoms with Crippen LogP contribution in [0.2, 0.25) is 0 Å². The molecule has 42 valence electrons. The highest BCUT2D eigenvalue weighted by Crippen LogP contribution is 2.01.